The van der Waals surface area contributed by atoms with Gasteiger partial charge in [-0.15, -0.1) is 11.3 Å². The van der Waals surface area contributed by atoms with Crippen molar-refractivity contribution in [3.8, 4) is 0 Å². The number of nitrogens with zero attached hydrogens (tertiary/aromatic N) is 4. The van der Waals surface area contributed by atoms with Gasteiger partial charge in [-0.3, -0.25) is 4.99 Å². The highest BCUT2D eigenvalue weighted by Gasteiger charge is 2.05. The molecule has 0 saturated carbocycles. The van der Waals surface area contributed by atoms with E-state index in [1.54, 1.807) is 11.3 Å². The van der Waals surface area contributed by atoms with Crippen molar-refractivity contribution in [2.45, 2.75) is 39.7 Å². The number of benzene rings is 1. The van der Waals surface area contributed by atoms with Crippen molar-refractivity contribution < 1.29 is 0 Å². The number of thiazole rings is 1. The lowest BCUT2D eigenvalue weighted by atomic mass is 10.2. The molecule has 0 aliphatic carbocycles. The summed E-state index contributed by atoms with van der Waals surface area (Å²) in [5.41, 5.74) is 1.28. The summed E-state index contributed by atoms with van der Waals surface area (Å²) in [6.45, 7) is 7.44. The van der Waals surface area contributed by atoms with Crippen LogP contribution in [-0.2, 0) is 25.8 Å². The molecule has 0 fully saturated rings. The lowest BCUT2D eigenvalue weighted by Gasteiger charge is -2.12. The van der Waals surface area contributed by atoms with Crippen molar-refractivity contribution in [2.24, 2.45) is 4.99 Å². The maximum atomic E-state index is 4.69. The molecule has 0 radical (unpaired) electrons. The molecule has 2 aromatic heterocycles. The number of aromatic nitrogens is 3. The van der Waals surface area contributed by atoms with Gasteiger partial charge in [-0.25, -0.2) is 9.97 Å². The molecular formula is C22H30N6S. The molecule has 0 aliphatic heterocycles. The van der Waals surface area contributed by atoms with Crippen molar-refractivity contribution in [2.75, 3.05) is 19.6 Å². The van der Waals surface area contributed by atoms with Crippen LogP contribution in [0.3, 0.4) is 0 Å². The number of aliphatic imine (C=N–C) groups is 1. The average Bonchev–Trinajstić information content (AvgIpc) is 3.38. The second-order valence-corrected chi connectivity index (χ2v) is 7.92. The van der Waals surface area contributed by atoms with Gasteiger partial charge in [0.25, 0.3) is 0 Å². The fourth-order valence-corrected chi connectivity index (χ4v) is 3.87. The maximum absolute atomic E-state index is 4.69. The first-order valence-corrected chi connectivity index (χ1v) is 11.1. The minimum atomic E-state index is 0.731. The molecule has 3 aromatic rings. The number of aryl methyl sites for hydroxylation is 1. The number of imidazole rings is 1. The van der Waals surface area contributed by atoms with Gasteiger partial charge in [0.05, 0.1) is 5.01 Å². The second-order valence-electron chi connectivity index (χ2n) is 6.72. The van der Waals surface area contributed by atoms with Gasteiger partial charge in [0, 0.05) is 62.5 Å². The summed E-state index contributed by atoms with van der Waals surface area (Å²) in [5, 5.41) is 7.89. The van der Waals surface area contributed by atoms with Gasteiger partial charge in [-0.05, 0) is 18.9 Å². The Kier molecular flexibility index (Phi) is 8.25. The van der Waals surface area contributed by atoms with Gasteiger partial charge in [0.15, 0.2) is 5.96 Å². The summed E-state index contributed by atoms with van der Waals surface area (Å²) in [7, 11) is 0. The Morgan fingerprint density at radius 1 is 1.10 bits per heavy atom. The van der Waals surface area contributed by atoms with E-state index in [1.807, 2.05) is 24.7 Å². The van der Waals surface area contributed by atoms with Gasteiger partial charge < -0.3 is 15.2 Å². The Balaban J connectivity index is 1.48. The normalized spacial score (nSPS) is 11.6. The van der Waals surface area contributed by atoms with Crippen molar-refractivity contribution in [3.63, 3.8) is 0 Å². The largest absolute Gasteiger partial charge is 0.357 e. The van der Waals surface area contributed by atoms with Crippen LogP contribution in [0.15, 0.2) is 53.9 Å². The molecule has 0 unspecified atom stereocenters. The summed E-state index contributed by atoms with van der Waals surface area (Å²) in [6.07, 6.45) is 8.66. The third kappa shape index (κ3) is 6.71. The van der Waals surface area contributed by atoms with E-state index >= 15 is 0 Å². The Morgan fingerprint density at radius 2 is 1.97 bits per heavy atom. The van der Waals surface area contributed by atoms with Crippen LogP contribution in [-0.4, -0.2) is 40.1 Å². The Labute approximate surface area is 177 Å². The quantitative estimate of drug-likeness (QED) is 0.398. The van der Waals surface area contributed by atoms with Crippen molar-refractivity contribution >= 4 is 17.3 Å². The van der Waals surface area contributed by atoms with Crippen molar-refractivity contribution in [1.29, 1.82) is 0 Å². The van der Waals surface area contributed by atoms with Gasteiger partial charge >= 0.3 is 0 Å². The standard InChI is InChI=1S/C22H30N6S/c1-3-19-16-27-21(29-19)11-13-26-22(23-4-2)25-12-10-20-24-14-15-28(20)17-18-8-6-5-7-9-18/h5-9,14-16H,3-4,10-13,17H2,1-2H3,(H2,23,25,26). The first-order valence-electron chi connectivity index (χ1n) is 10.3. The minimum Gasteiger partial charge on any atom is -0.357 e. The predicted octanol–water partition coefficient (Wildman–Crippen LogP) is 3.29. The summed E-state index contributed by atoms with van der Waals surface area (Å²) in [4.78, 5) is 15.0. The summed E-state index contributed by atoms with van der Waals surface area (Å²) >= 11 is 1.78. The zero-order valence-electron chi connectivity index (χ0n) is 17.3. The Morgan fingerprint density at radius 3 is 2.72 bits per heavy atom. The van der Waals surface area contributed by atoms with Crippen molar-refractivity contribution in [3.05, 3.63) is 70.2 Å². The third-order valence-electron chi connectivity index (χ3n) is 4.53. The van der Waals surface area contributed by atoms with Gasteiger partial charge in [0.1, 0.15) is 5.82 Å². The highest BCUT2D eigenvalue weighted by atomic mass is 32.1. The van der Waals surface area contributed by atoms with Crippen LogP contribution in [0.1, 0.15) is 35.1 Å². The third-order valence-corrected chi connectivity index (χ3v) is 5.73. The van der Waals surface area contributed by atoms with Gasteiger partial charge in [-0.1, -0.05) is 37.3 Å². The molecule has 154 valence electrons. The number of rotatable bonds is 10. The summed E-state index contributed by atoms with van der Waals surface area (Å²) < 4.78 is 2.20. The lowest BCUT2D eigenvalue weighted by Crippen LogP contribution is -2.38. The van der Waals surface area contributed by atoms with E-state index in [0.29, 0.717) is 0 Å². The molecule has 2 N–H and O–H groups in total. The SMILES string of the molecule is CCNC(=NCCc1ncc(CC)s1)NCCc1nccn1Cc1ccccc1. The monoisotopic (exact) mass is 410 g/mol. The average molecular weight is 411 g/mol. The predicted molar refractivity (Wildman–Crippen MR) is 121 cm³/mol. The number of nitrogens with one attached hydrogen (secondary N) is 2. The number of hydrogen-bond donors (Lipinski definition) is 2. The molecule has 2 heterocycles. The van der Waals surface area contributed by atoms with Crippen LogP contribution in [0.25, 0.3) is 0 Å². The fourth-order valence-electron chi connectivity index (χ4n) is 3.02. The van der Waals surface area contributed by atoms with E-state index in [2.05, 4.69) is 68.3 Å². The van der Waals surface area contributed by atoms with Gasteiger partial charge in [-0.2, -0.15) is 0 Å². The van der Waals surface area contributed by atoms with Crippen LogP contribution in [0.5, 0.6) is 0 Å². The van der Waals surface area contributed by atoms with Crippen LogP contribution in [0, 0.1) is 0 Å². The topological polar surface area (TPSA) is 67.1 Å². The fraction of sp³-hybridized carbons (Fsp3) is 0.409. The maximum Gasteiger partial charge on any atom is 0.191 e. The van der Waals surface area contributed by atoms with E-state index in [1.165, 1.54) is 10.4 Å². The molecule has 0 atom stereocenters. The minimum absolute atomic E-state index is 0.731. The molecule has 1 aromatic carbocycles. The Bertz CT molecular complexity index is 884. The smallest absolute Gasteiger partial charge is 0.191 e. The van der Waals surface area contributed by atoms with E-state index in [9.17, 15) is 0 Å². The molecular weight excluding hydrogens is 380 g/mol. The van der Waals surface area contributed by atoms with Gasteiger partial charge in [0.2, 0.25) is 0 Å². The second kappa shape index (κ2) is 11.4. The molecule has 3 rings (SSSR count). The summed E-state index contributed by atoms with van der Waals surface area (Å²) in [6, 6.07) is 10.5. The van der Waals surface area contributed by atoms with Crippen LogP contribution in [0.4, 0.5) is 0 Å². The molecule has 0 aliphatic rings. The van der Waals surface area contributed by atoms with E-state index in [4.69, 9.17) is 0 Å². The van der Waals surface area contributed by atoms with E-state index in [0.717, 1.165) is 62.2 Å². The molecule has 0 amide bonds. The van der Waals surface area contributed by atoms with Crippen LogP contribution >= 0.6 is 11.3 Å². The van der Waals surface area contributed by atoms with Crippen molar-refractivity contribution in [1.82, 2.24) is 25.2 Å². The molecule has 0 bridgehead atoms. The van der Waals surface area contributed by atoms with E-state index in [-0.39, 0.29) is 0 Å². The summed E-state index contributed by atoms with van der Waals surface area (Å²) in [5.74, 6) is 1.92. The molecule has 6 nitrogen and oxygen atoms in total. The Hall–Kier alpha value is -2.67. The number of hydrogen-bond acceptors (Lipinski definition) is 4. The molecule has 0 spiro atoms. The highest BCUT2D eigenvalue weighted by molar-refractivity contribution is 7.11. The zero-order chi connectivity index (χ0) is 20.3. The number of guanidine groups is 1. The zero-order valence-corrected chi connectivity index (χ0v) is 18.1. The first kappa shape index (κ1) is 21.0. The van der Waals surface area contributed by atoms with Crippen LogP contribution < -0.4 is 10.6 Å². The van der Waals surface area contributed by atoms with Crippen LogP contribution in [0.2, 0.25) is 0 Å². The van der Waals surface area contributed by atoms with E-state index < -0.39 is 0 Å². The highest BCUT2D eigenvalue weighted by Crippen LogP contribution is 2.13. The molecule has 29 heavy (non-hydrogen) atoms. The molecule has 7 heteroatoms. The first-order chi connectivity index (χ1) is 14.3. The lowest BCUT2D eigenvalue weighted by molar-refractivity contribution is 0.694. The molecule has 0 saturated heterocycles.